The monoisotopic (exact) mass is 376 g/mol. The van der Waals surface area contributed by atoms with Crippen molar-refractivity contribution >= 4 is 16.1 Å². The first-order valence-corrected chi connectivity index (χ1v) is 9.68. The number of hydrogen-bond acceptors (Lipinski definition) is 6. The molecule has 3 rings (SSSR count). The Balaban J connectivity index is 1.51. The van der Waals surface area contributed by atoms with Crippen LogP contribution in [-0.4, -0.2) is 39.8 Å². The summed E-state index contributed by atoms with van der Waals surface area (Å²) in [5, 5.41) is 0. The van der Waals surface area contributed by atoms with Gasteiger partial charge in [0.05, 0.1) is 23.2 Å². The number of esters is 1. The lowest BCUT2D eigenvalue weighted by atomic mass is 10.2. The van der Waals surface area contributed by atoms with Crippen LogP contribution >= 0.6 is 0 Å². The number of hydrogen-bond donors (Lipinski definition) is 0. The number of benzene rings is 2. The summed E-state index contributed by atoms with van der Waals surface area (Å²) < 4.78 is 40.5. The second kappa shape index (κ2) is 7.99. The molecule has 1 aliphatic heterocycles. The quantitative estimate of drug-likeness (QED) is 0.570. The molecule has 138 valence electrons. The average Bonchev–Trinajstić information content (AvgIpc) is 3.07. The molecule has 0 bridgehead atoms. The first kappa shape index (κ1) is 18.6. The lowest BCUT2D eigenvalue weighted by Crippen LogP contribution is -2.21. The largest absolute Gasteiger partial charge is 0.459 e. The normalized spacial score (nSPS) is 20.0. The topological polar surface area (TPSA) is 78.9 Å². The van der Waals surface area contributed by atoms with Crippen LogP contribution in [0.5, 0.6) is 0 Å². The van der Waals surface area contributed by atoms with Gasteiger partial charge >= 0.3 is 5.97 Å². The average molecular weight is 376 g/mol. The highest BCUT2D eigenvalue weighted by atomic mass is 32.2. The minimum Gasteiger partial charge on any atom is -0.459 e. The molecule has 1 saturated heterocycles. The zero-order valence-corrected chi connectivity index (χ0v) is 15.1. The van der Waals surface area contributed by atoms with Crippen LogP contribution < -0.4 is 0 Å². The summed E-state index contributed by atoms with van der Waals surface area (Å²) in [4.78, 5) is 12.0. The fourth-order valence-corrected chi connectivity index (χ4v) is 3.69. The minimum atomic E-state index is -3.85. The lowest BCUT2D eigenvalue weighted by Gasteiger charge is -2.11. The van der Waals surface area contributed by atoms with Gasteiger partial charge in [-0.2, -0.15) is 8.42 Å². The van der Waals surface area contributed by atoms with Crippen LogP contribution in [0.25, 0.3) is 0 Å². The van der Waals surface area contributed by atoms with Crippen molar-refractivity contribution in [1.29, 1.82) is 0 Å². The predicted octanol–water partition coefficient (Wildman–Crippen LogP) is 2.71. The highest BCUT2D eigenvalue weighted by Crippen LogP contribution is 2.22. The Morgan fingerprint density at radius 2 is 1.81 bits per heavy atom. The summed E-state index contributed by atoms with van der Waals surface area (Å²) in [5.74, 6) is -0.439. The number of ether oxygens (including phenoxy) is 2. The molecular weight excluding hydrogens is 356 g/mol. The second-order valence-corrected chi connectivity index (χ2v) is 7.71. The van der Waals surface area contributed by atoms with Crippen molar-refractivity contribution in [1.82, 2.24) is 0 Å². The number of rotatable bonds is 6. The van der Waals surface area contributed by atoms with Gasteiger partial charge in [-0.15, -0.1) is 0 Å². The molecule has 2 atom stereocenters. The smallest absolute Gasteiger partial charge is 0.338 e. The summed E-state index contributed by atoms with van der Waals surface area (Å²) >= 11 is 0. The van der Waals surface area contributed by atoms with Crippen molar-refractivity contribution in [3.05, 3.63) is 65.7 Å². The highest BCUT2D eigenvalue weighted by Gasteiger charge is 2.31. The number of carbonyl (C=O) groups excluding carboxylic acids is 1. The van der Waals surface area contributed by atoms with Gasteiger partial charge < -0.3 is 9.47 Å². The Morgan fingerprint density at radius 3 is 2.50 bits per heavy atom. The second-order valence-electron chi connectivity index (χ2n) is 6.14. The van der Waals surface area contributed by atoms with Gasteiger partial charge in [0.2, 0.25) is 0 Å². The molecule has 0 N–H and O–H groups in total. The number of carbonyl (C=O) groups is 1. The molecule has 2 aromatic carbocycles. The van der Waals surface area contributed by atoms with E-state index in [1.165, 1.54) is 12.1 Å². The van der Waals surface area contributed by atoms with Crippen LogP contribution in [0.3, 0.4) is 0 Å². The fourth-order valence-electron chi connectivity index (χ4n) is 2.62. The molecule has 0 aliphatic carbocycles. The Morgan fingerprint density at radius 1 is 1.12 bits per heavy atom. The molecule has 1 fully saturated rings. The van der Waals surface area contributed by atoms with E-state index >= 15 is 0 Å². The van der Waals surface area contributed by atoms with E-state index in [2.05, 4.69) is 0 Å². The molecule has 0 amide bonds. The first-order chi connectivity index (χ1) is 12.4. The van der Waals surface area contributed by atoms with Gasteiger partial charge in [-0.3, -0.25) is 4.18 Å². The molecule has 0 saturated carbocycles. The van der Waals surface area contributed by atoms with Crippen molar-refractivity contribution in [3.63, 3.8) is 0 Å². The van der Waals surface area contributed by atoms with Gasteiger partial charge in [0.25, 0.3) is 10.1 Å². The van der Waals surface area contributed by atoms with Crippen LogP contribution in [0, 0.1) is 6.92 Å². The molecular formula is C19H20O6S. The molecule has 26 heavy (non-hydrogen) atoms. The van der Waals surface area contributed by atoms with E-state index in [0.717, 1.165) is 5.56 Å². The van der Waals surface area contributed by atoms with Crippen LogP contribution in [0.2, 0.25) is 0 Å². The Labute approximate surface area is 152 Å². The molecule has 7 heteroatoms. The third kappa shape index (κ3) is 4.69. The van der Waals surface area contributed by atoms with E-state index < -0.39 is 22.2 Å². The molecule has 0 spiro atoms. The van der Waals surface area contributed by atoms with Crippen molar-refractivity contribution in [3.8, 4) is 0 Å². The van der Waals surface area contributed by atoms with E-state index in [1.54, 1.807) is 36.4 Å². The molecule has 0 aromatic heterocycles. The van der Waals surface area contributed by atoms with E-state index in [0.29, 0.717) is 12.0 Å². The van der Waals surface area contributed by atoms with E-state index in [4.69, 9.17) is 13.7 Å². The van der Waals surface area contributed by atoms with Crippen LogP contribution in [0.1, 0.15) is 22.3 Å². The molecule has 0 radical (unpaired) electrons. The summed E-state index contributed by atoms with van der Waals surface area (Å²) in [6, 6.07) is 15.1. The number of aryl methyl sites for hydroxylation is 1. The van der Waals surface area contributed by atoms with Crippen LogP contribution in [0.15, 0.2) is 59.5 Å². The third-order valence-corrected chi connectivity index (χ3v) is 5.40. The zero-order chi connectivity index (χ0) is 18.6. The molecule has 1 aliphatic rings. The van der Waals surface area contributed by atoms with Gasteiger partial charge in [0.15, 0.2) is 0 Å². The summed E-state index contributed by atoms with van der Waals surface area (Å²) in [6.45, 7) is 2.07. The maximum Gasteiger partial charge on any atom is 0.338 e. The lowest BCUT2D eigenvalue weighted by molar-refractivity contribution is 0.0151. The highest BCUT2D eigenvalue weighted by molar-refractivity contribution is 7.86. The SMILES string of the molecule is Cc1ccc(S(=O)(=O)O[C@@H]2CO[C@H](COC(=O)c3ccccc3)C2)cc1. The van der Waals surface area contributed by atoms with Gasteiger partial charge in [0.1, 0.15) is 12.7 Å². The predicted molar refractivity (Wildman–Crippen MR) is 94.3 cm³/mol. The molecule has 2 aromatic rings. The van der Waals surface area contributed by atoms with Crippen LogP contribution in [-0.2, 0) is 23.8 Å². The van der Waals surface area contributed by atoms with Gasteiger partial charge in [-0.1, -0.05) is 35.9 Å². The van der Waals surface area contributed by atoms with Crippen molar-refractivity contribution in [2.75, 3.05) is 13.2 Å². The summed E-state index contributed by atoms with van der Waals surface area (Å²) in [6.07, 6.45) is -0.643. The minimum absolute atomic E-state index is 0.0537. The summed E-state index contributed by atoms with van der Waals surface area (Å²) in [5.41, 5.74) is 1.42. The molecule has 6 nitrogen and oxygen atoms in total. The first-order valence-electron chi connectivity index (χ1n) is 8.28. The Hall–Kier alpha value is -2.22. The molecule has 0 unspecified atom stereocenters. The maximum atomic E-state index is 12.3. The van der Waals surface area contributed by atoms with Crippen molar-refractivity contribution in [2.45, 2.75) is 30.4 Å². The van der Waals surface area contributed by atoms with Crippen molar-refractivity contribution < 1.29 is 26.9 Å². The van der Waals surface area contributed by atoms with E-state index in [9.17, 15) is 13.2 Å². The maximum absolute atomic E-state index is 12.3. The standard InChI is InChI=1S/C19H20O6S/c1-14-7-9-18(10-8-14)26(21,22)25-17-11-16(23-13-17)12-24-19(20)15-5-3-2-4-6-15/h2-10,16-17H,11-13H2,1H3/t16-,17-/m0/s1. The third-order valence-electron chi connectivity index (χ3n) is 4.03. The van der Waals surface area contributed by atoms with E-state index in [1.807, 2.05) is 13.0 Å². The Bertz CT molecular complexity index is 845. The molecule has 1 heterocycles. The van der Waals surface area contributed by atoms with Gasteiger partial charge in [0, 0.05) is 6.42 Å². The fraction of sp³-hybridized carbons (Fsp3) is 0.316. The van der Waals surface area contributed by atoms with Crippen molar-refractivity contribution in [2.24, 2.45) is 0 Å². The van der Waals surface area contributed by atoms with Crippen LogP contribution in [0.4, 0.5) is 0 Å². The Kier molecular flexibility index (Phi) is 5.70. The van der Waals surface area contributed by atoms with E-state index in [-0.39, 0.29) is 24.2 Å². The zero-order valence-electron chi connectivity index (χ0n) is 14.3. The summed E-state index contributed by atoms with van der Waals surface area (Å²) in [7, 11) is -3.85. The van der Waals surface area contributed by atoms with Gasteiger partial charge in [-0.05, 0) is 31.2 Å². The van der Waals surface area contributed by atoms with Gasteiger partial charge in [-0.25, -0.2) is 4.79 Å².